The molecule has 0 saturated carbocycles. The third kappa shape index (κ3) is 2.40. The molecule has 1 atom stereocenters. The maximum atomic E-state index is 12.0. The summed E-state index contributed by atoms with van der Waals surface area (Å²) in [5.41, 5.74) is 5.14. The zero-order valence-electron chi connectivity index (χ0n) is 9.53. The minimum Gasteiger partial charge on any atom is -0.409 e. The van der Waals surface area contributed by atoms with Gasteiger partial charge in [-0.2, -0.15) is 0 Å². The highest BCUT2D eigenvalue weighted by Gasteiger charge is 2.36. The van der Waals surface area contributed by atoms with Crippen LogP contribution >= 0.6 is 0 Å². The summed E-state index contributed by atoms with van der Waals surface area (Å²) < 4.78 is 0. The molecule has 1 fully saturated rings. The topological polar surface area (TPSA) is 78.9 Å². The molecule has 1 aliphatic rings. The minimum absolute atomic E-state index is 0.0524. The van der Waals surface area contributed by atoms with Gasteiger partial charge in [-0.25, -0.2) is 0 Å². The molecule has 0 spiro atoms. The molecule has 15 heavy (non-hydrogen) atoms. The molecule has 1 unspecified atom stereocenters. The van der Waals surface area contributed by atoms with Gasteiger partial charge >= 0.3 is 0 Å². The van der Waals surface area contributed by atoms with E-state index in [1.54, 1.807) is 4.90 Å². The van der Waals surface area contributed by atoms with Gasteiger partial charge in [0.2, 0.25) is 5.91 Å². The van der Waals surface area contributed by atoms with Crippen LogP contribution in [0.25, 0.3) is 0 Å². The first kappa shape index (κ1) is 11.8. The van der Waals surface area contributed by atoms with E-state index in [2.05, 4.69) is 5.16 Å². The molecular formula is C10H19N3O2. The van der Waals surface area contributed by atoms with Crippen LogP contribution in [0.2, 0.25) is 0 Å². The molecular weight excluding hydrogens is 194 g/mol. The fraction of sp³-hybridized carbons (Fsp3) is 0.800. The molecule has 1 saturated heterocycles. The Morgan fingerprint density at radius 1 is 1.53 bits per heavy atom. The van der Waals surface area contributed by atoms with Crippen molar-refractivity contribution in [2.45, 2.75) is 39.7 Å². The molecule has 86 valence electrons. The number of carbonyl (C=O) groups excluding carboxylic acids is 1. The summed E-state index contributed by atoms with van der Waals surface area (Å²) >= 11 is 0. The fourth-order valence-corrected chi connectivity index (χ4v) is 1.81. The number of carbonyl (C=O) groups is 1. The summed E-state index contributed by atoms with van der Waals surface area (Å²) in [7, 11) is 0. The lowest BCUT2D eigenvalue weighted by Crippen LogP contribution is -2.47. The van der Waals surface area contributed by atoms with Crippen molar-refractivity contribution >= 4 is 11.7 Å². The van der Waals surface area contributed by atoms with E-state index >= 15 is 0 Å². The zero-order valence-corrected chi connectivity index (χ0v) is 9.53. The molecule has 5 nitrogen and oxygen atoms in total. The molecule has 0 bridgehead atoms. The van der Waals surface area contributed by atoms with Crippen LogP contribution in [-0.2, 0) is 4.79 Å². The Kier molecular flexibility index (Phi) is 3.21. The first-order valence-electron chi connectivity index (χ1n) is 5.16. The summed E-state index contributed by atoms with van der Waals surface area (Å²) in [6.07, 6.45) is 1.68. The van der Waals surface area contributed by atoms with E-state index in [4.69, 9.17) is 10.9 Å². The van der Waals surface area contributed by atoms with Crippen molar-refractivity contribution in [3.05, 3.63) is 0 Å². The molecule has 0 aliphatic carbocycles. The van der Waals surface area contributed by atoms with Crippen LogP contribution in [0, 0.1) is 5.41 Å². The lowest BCUT2D eigenvalue weighted by molar-refractivity contribution is -0.139. The molecule has 1 aliphatic heterocycles. The van der Waals surface area contributed by atoms with Crippen molar-refractivity contribution in [3.8, 4) is 0 Å². The molecule has 0 radical (unpaired) electrons. The largest absolute Gasteiger partial charge is 0.409 e. The van der Waals surface area contributed by atoms with Crippen LogP contribution < -0.4 is 5.73 Å². The number of nitrogens with zero attached hydrogens (tertiary/aromatic N) is 2. The summed E-state index contributed by atoms with van der Waals surface area (Å²) in [4.78, 5) is 13.7. The van der Waals surface area contributed by atoms with E-state index in [1.807, 2.05) is 20.8 Å². The van der Waals surface area contributed by atoms with Crippen molar-refractivity contribution in [3.63, 3.8) is 0 Å². The highest BCUT2D eigenvalue weighted by Crippen LogP contribution is 2.25. The molecule has 0 aromatic carbocycles. The second kappa shape index (κ2) is 4.08. The van der Waals surface area contributed by atoms with Crippen molar-refractivity contribution < 1.29 is 10.0 Å². The number of likely N-dealkylation sites (tertiary alicyclic amines) is 1. The quantitative estimate of drug-likeness (QED) is 0.292. The smallest absolute Gasteiger partial charge is 0.228 e. The van der Waals surface area contributed by atoms with Crippen molar-refractivity contribution in [2.24, 2.45) is 16.3 Å². The summed E-state index contributed by atoms with van der Waals surface area (Å²) in [5.74, 6) is 0.182. The van der Waals surface area contributed by atoms with E-state index in [0.29, 0.717) is 6.54 Å². The Bertz CT molecular complexity index is 281. The van der Waals surface area contributed by atoms with Gasteiger partial charge in [0.15, 0.2) is 5.84 Å². The highest BCUT2D eigenvalue weighted by atomic mass is 16.4. The first-order valence-corrected chi connectivity index (χ1v) is 5.16. The number of amides is 1. The molecule has 1 amide bonds. The SMILES string of the molecule is CC(C)(C)C(=O)N1CCCC1C(N)=NO. The van der Waals surface area contributed by atoms with Crippen LogP contribution in [0.4, 0.5) is 0 Å². The monoisotopic (exact) mass is 213 g/mol. The molecule has 0 aromatic rings. The van der Waals surface area contributed by atoms with Gasteiger partial charge in [0.1, 0.15) is 0 Å². The van der Waals surface area contributed by atoms with E-state index < -0.39 is 5.41 Å². The zero-order chi connectivity index (χ0) is 11.6. The highest BCUT2D eigenvalue weighted by molar-refractivity contribution is 5.92. The maximum absolute atomic E-state index is 12.0. The minimum atomic E-state index is -0.418. The number of amidine groups is 1. The van der Waals surface area contributed by atoms with Crippen LogP contribution in [-0.4, -0.2) is 34.4 Å². The lowest BCUT2D eigenvalue weighted by Gasteiger charge is -2.30. The van der Waals surface area contributed by atoms with E-state index in [1.165, 1.54) is 0 Å². The van der Waals surface area contributed by atoms with Gasteiger partial charge in [-0.1, -0.05) is 25.9 Å². The second-order valence-electron chi connectivity index (χ2n) is 4.93. The Labute approximate surface area is 89.9 Å². The van der Waals surface area contributed by atoms with E-state index in [9.17, 15) is 4.79 Å². The van der Waals surface area contributed by atoms with Crippen molar-refractivity contribution in [2.75, 3.05) is 6.54 Å². The molecule has 3 N–H and O–H groups in total. The van der Waals surface area contributed by atoms with Gasteiger partial charge in [0.05, 0.1) is 6.04 Å². The fourth-order valence-electron chi connectivity index (χ4n) is 1.81. The van der Waals surface area contributed by atoms with Gasteiger partial charge in [-0.15, -0.1) is 0 Å². The third-order valence-electron chi connectivity index (χ3n) is 2.61. The average Bonchev–Trinajstić information content (AvgIpc) is 2.62. The number of hydrogen-bond acceptors (Lipinski definition) is 3. The van der Waals surface area contributed by atoms with Gasteiger partial charge < -0.3 is 15.8 Å². The number of nitrogens with two attached hydrogens (primary N) is 1. The van der Waals surface area contributed by atoms with E-state index in [-0.39, 0.29) is 17.8 Å². The number of rotatable bonds is 1. The second-order valence-corrected chi connectivity index (χ2v) is 4.93. The Morgan fingerprint density at radius 2 is 2.13 bits per heavy atom. The van der Waals surface area contributed by atoms with Crippen LogP contribution in [0.15, 0.2) is 5.16 Å². The van der Waals surface area contributed by atoms with Crippen LogP contribution in [0.3, 0.4) is 0 Å². The van der Waals surface area contributed by atoms with Crippen LogP contribution in [0.1, 0.15) is 33.6 Å². The average molecular weight is 213 g/mol. The van der Waals surface area contributed by atoms with Crippen molar-refractivity contribution in [1.82, 2.24) is 4.90 Å². The van der Waals surface area contributed by atoms with Gasteiger partial charge in [0.25, 0.3) is 0 Å². The predicted octanol–water partition coefficient (Wildman–Crippen LogP) is 0.770. The summed E-state index contributed by atoms with van der Waals surface area (Å²) in [5, 5.41) is 11.6. The first-order chi connectivity index (χ1) is 6.88. The summed E-state index contributed by atoms with van der Waals surface area (Å²) in [6.45, 7) is 6.31. The summed E-state index contributed by atoms with van der Waals surface area (Å²) in [6, 6.07) is -0.235. The Hall–Kier alpha value is -1.26. The Morgan fingerprint density at radius 3 is 2.60 bits per heavy atom. The van der Waals surface area contributed by atoms with Crippen molar-refractivity contribution in [1.29, 1.82) is 0 Å². The molecule has 5 heteroatoms. The lowest BCUT2D eigenvalue weighted by atomic mass is 9.94. The van der Waals surface area contributed by atoms with Gasteiger partial charge in [-0.05, 0) is 12.8 Å². The maximum Gasteiger partial charge on any atom is 0.228 e. The normalized spacial score (nSPS) is 23.3. The molecule has 1 rings (SSSR count). The van der Waals surface area contributed by atoms with Gasteiger partial charge in [0, 0.05) is 12.0 Å². The standard InChI is InChI=1S/C10H19N3O2/c1-10(2,3)9(14)13-6-4-5-7(13)8(11)12-15/h7,15H,4-6H2,1-3H3,(H2,11,12). The molecule has 1 heterocycles. The third-order valence-corrected chi connectivity index (χ3v) is 2.61. The van der Waals surface area contributed by atoms with E-state index in [0.717, 1.165) is 12.8 Å². The Balaban J connectivity index is 2.82. The molecule has 0 aromatic heterocycles. The predicted molar refractivity (Wildman–Crippen MR) is 57.6 cm³/mol. The number of oxime groups is 1. The van der Waals surface area contributed by atoms with Crippen LogP contribution in [0.5, 0.6) is 0 Å². The number of hydrogen-bond donors (Lipinski definition) is 2. The van der Waals surface area contributed by atoms with Gasteiger partial charge in [-0.3, -0.25) is 4.79 Å².